The third kappa shape index (κ3) is 3.17. The fraction of sp³-hybridized carbons (Fsp3) is 0.667. The van der Waals surface area contributed by atoms with Crippen molar-refractivity contribution in [2.24, 2.45) is 0 Å². The summed E-state index contributed by atoms with van der Waals surface area (Å²) in [5.41, 5.74) is 3.39. The van der Waals surface area contributed by atoms with E-state index in [1.165, 1.54) is 24.1 Å². The van der Waals surface area contributed by atoms with Gasteiger partial charge in [-0.05, 0) is 57.0 Å². The highest BCUT2D eigenvalue weighted by Gasteiger charge is 2.31. The zero-order valence-electron chi connectivity index (χ0n) is 14.0. The molecule has 20 heavy (non-hydrogen) atoms. The molecule has 0 atom stereocenters. The normalized spacial score (nSPS) is 19.4. The van der Waals surface area contributed by atoms with Crippen molar-refractivity contribution in [3.05, 3.63) is 29.8 Å². The summed E-state index contributed by atoms with van der Waals surface area (Å²) < 4.78 is 0. The number of hydrogen-bond donors (Lipinski definition) is 0. The van der Waals surface area contributed by atoms with Gasteiger partial charge in [-0.25, -0.2) is 0 Å². The molecule has 2 nitrogen and oxygen atoms in total. The van der Waals surface area contributed by atoms with Gasteiger partial charge in [-0.1, -0.05) is 32.9 Å². The predicted octanol–water partition coefficient (Wildman–Crippen LogP) is 3.90. The number of anilines is 1. The minimum Gasteiger partial charge on any atom is -0.371 e. The van der Waals surface area contributed by atoms with Gasteiger partial charge in [-0.15, -0.1) is 0 Å². The zero-order chi connectivity index (χ0) is 15.0. The van der Waals surface area contributed by atoms with Crippen molar-refractivity contribution >= 4 is 5.69 Å². The fourth-order valence-electron chi connectivity index (χ4n) is 2.87. The SMILES string of the molecule is CN(C)C1(C)CCN(c2ccc(C(C)(C)C)cc2)CC1. The van der Waals surface area contributed by atoms with Gasteiger partial charge in [-0.2, -0.15) is 0 Å². The molecule has 1 aliphatic heterocycles. The van der Waals surface area contributed by atoms with E-state index in [-0.39, 0.29) is 5.41 Å². The van der Waals surface area contributed by atoms with E-state index in [1.807, 2.05) is 0 Å². The van der Waals surface area contributed by atoms with Gasteiger partial charge in [0.05, 0.1) is 0 Å². The summed E-state index contributed by atoms with van der Waals surface area (Å²) in [4.78, 5) is 4.91. The quantitative estimate of drug-likeness (QED) is 0.807. The molecule has 0 spiro atoms. The van der Waals surface area contributed by atoms with Gasteiger partial charge in [0.25, 0.3) is 0 Å². The van der Waals surface area contributed by atoms with Gasteiger partial charge in [0, 0.05) is 24.3 Å². The zero-order valence-corrected chi connectivity index (χ0v) is 14.0. The van der Waals surface area contributed by atoms with E-state index < -0.39 is 0 Å². The van der Waals surface area contributed by atoms with Crippen molar-refractivity contribution in [1.82, 2.24) is 4.90 Å². The lowest BCUT2D eigenvalue weighted by Crippen LogP contribution is -2.50. The van der Waals surface area contributed by atoms with Crippen LogP contribution in [-0.2, 0) is 5.41 Å². The van der Waals surface area contributed by atoms with Crippen LogP contribution in [0.15, 0.2) is 24.3 Å². The molecule has 0 N–H and O–H groups in total. The molecule has 1 aromatic carbocycles. The van der Waals surface area contributed by atoms with Crippen LogP contribution in [0.1, 0.15) is 46.1 Å². The molecule has 1 saturated heterocycles. The lowest BCUT2D eigenvalue weighted by Gasteiger charge is -2.44. The highest BCUT2D eigenvalue weighted by atomic mass is 15.2. The van der Waals surface area contributed by atoms with Crippen molar-refractivity contribution in [2.45, 2.75) is 51.5 Å². The summed E-state index contributed by atoms with van der Waals surface area (Å²) in [5.74, 6) is 0. The minimum absolute atomic E-state index is 0.240. The molecular weight excluding hydrogens is 244 g/mol. The van der Waals surface area contributed by atoms with Crippen LogP contribution in [0.5, 0.6) is 0 Å². The Morgan fingerprint density at radius 3 is 1.90 bits per heavy atom. The van der Waals surface area contributed by atoms with Crippen molar-refractivity contribution in [3.8, 4) is 0 Å². The van der Waals surface area contributed by atoms with Crippen LogP contribution in [0.2, 0.25) is 0 Å². The Kier molecular flexibility index (Phi) is 4.15. The molecule has 0 amide bonds. The van der Waals surface area contributed by atoms with Crippen molar-refractivity contribution in [2.75, 3.05) is 32.1 Å². The first-order valence-electron chi connectivity index (χ1n) is 7.75. The third-order valence-electron chi connectivity index (χ3n) is 5.02. The molecule has 1 heterocycles. The second-order valence-electron chi connectivity index (χ2n) is 7.68. The Bertz CT molecular complexity index is 431. The van der Waals surface area contributed by atoms with E-state index in [4.69, 9.17) is 0 Å². The first-order chi connectivity index (χ1) is 9.22. The van der Waals surface area contributed by atoms with Gasteiger partial charge in [0.1, 0.15) is 0 Å². The Morgan fingerprint density at radius 1 is 1.00 bits per heavy atom. The molecule has 0 aromatic heterocycles. The molecule has 0 bridgehead atoms. The number of hydrogen-bond acceptors (Lipinski definition) is 2. The molecule has 2 rings (SSSR count). The van der Waals surface area contributed by atoms with Crippen LogP contribution in [-0.4, -0.2) is 37.6 Å². The topological polar surface area (TPSA) is 6.48 Å². The maximum Gasteiger partial charge on any atom is 0.0366 e. The van der Waals surface area contributed by atoms with Crippen LogP contribution < -0.4 is 4.90 Å². The van der Waals surface area contributed by atoms with Crippen molar-refractivity contribution in [1.29, 1.82) is 0 Å². The average Bonchev–Trinajstić information content (AvgIpc) is 2.38. The van der Waals surface area contributed by atoms with Gasteiger partial charge in [-0.3, -0.25) is 0 Å². The molecular formula is C18H30N2. The van der Waals surface area contributed by atoms with E-state index in [1.54, 1.807) is 0 Å². The summed E-state index contributed by atoms with van der Waals surface area (Å²) in [6.45, 7) is 11.5. The first kappa shape index (κ1) is 15.4. The van der Waals surface area contributed by atoms with Crippen LogP contribution in [0.3, 0.4) is 0 Å². The Labute approximate surface area is 124 Å². The number of benzene rings is 1. The lowest BCUT2D eigenvalue weighted by atomic mass is 9.86. The monoisotopic (exact) mass is 274 g/mol. The summed E-state index contributed by atoms with van der Waals surface area (Å²) in [6.07, 6.45) is 2.47. The Balaban J connectivity index is 2.04. The average molecular weight is 274 g/mol. The second-order valence-corrected chi connectivity index (χ2v) is 7.68. The lowest BCUT2D eigenvalue weighted by molar-refractivity contribution is 0.137. The van der Waals surface area contributed by atoms with Crippen LogP contribution >= 0.6 is 0 Å². The standard InChI is InChI=1S/C18H30N2/c1-17(2,3)15-7-9-16(10-8-15)20-13-11-18(4,12-14-20)19(5)6/h7-10H,11-14H2,1-6H3. The van der Waals surface area contributed by atoms with Gasteiger partial charge >= 0.3 is 0 Å². The van der Waals surface area contributed by atoms with Crippen LogP contribution in [0.4, 0.5) is 5.69 Å². The molecule has 0 radical (unpaired) electrons. The van der Waals surface area contributed by atoms with Gasteiger partial charge in [0.15, 0.2) is 0 Å². The van der Waals surface area contributed by atoms with Gasteiger partial charge in [0.2, 0.25) is 0 Å². The molecule has 112 valence electrons. The first-order valence-corrected chi connectivity index (χ1v) is 7.75. The third-order valence-corrected chi connectivity index (χ3v) is 5.02. The number of nitrogens with zero attached hydrogens (tertiary/aromatic N) is 2. The smallest absolute Gasteiger partial charge is 0.0366 e. The number of piperidine rings is 1. The molecule has 1 aromatic rings. The number of rotatable bonds is 2. The highest BCUT2D eigenvalue weighted by molar-refractivity contribution is 5.49. The maximum atomic E-state index is 2.53. The minimum atomic E-state index is 0.240. The molecule has 1 fully saturated rings. The summed E-state index contributed by atoms with van der Waals surface area (Å²) in [7, 11) is 4.40. The summed E-state index contributed by atoms with van der Waals surface area (Å²) in [5, 5.41) is 0. The van der Waals surface area contributed by atoms with E-state index in [9.17, 15) is 0 Å². The van der Waals surface area contributed by atoms with E-state index in [0.29, 0.717) is 5.54 Å². The largest absolute Gasteiger partial charge is 0.371 e. The van der Waals surface area contributed by atoms with Crippen LogP contribution in [0, 0.1) is 0 Å². The second kappa shape index (κ2) is 5.40. The highest BCUT2D eigenvalue weighted by Crippen LogP contribution is 2.30. The Morgan fingerprint density at radius 2 is 1.50 bits per heavy atom. The molecule has 0 saturated carbocycles. The van der Waals surface area contributed by atoms with E-state index in [2.05, 4.69) is 75.9 Å². The molecule has 2 heteroatoms. The molecule has 0 aliphatic carbocycles. The summed E-state index contributed by atoms with van der Waals surface area (Å²) >= 11 is 0. The maximum absolute atomic E-state index is 2.53. The van der Waals surface area contributed by atoms with Gasteiger partial charge < -0.3 is 9.80 Å². The van der Waals surface area contributed by atoms with E-state index >= 15 is 0 Å². The van der Waals surface area contributed by atoms with Crippen molar-refractivity contribution < 1.29 is 0 Å². The molecule has 0 unspecified atom stereocenters. The van der Waals surface area contributed by atoms with Crippen molar-refractivity contribution in [3.63, 3.8) is 0 Å². The fourth-order valence-corrected chi connectivity index (χ4v) is 2.87. The van der Waals surface area contributed by atoms with E-state index in [0.717, 1.165) is 13.1 Å². The van der Waals surface area contributed by atoms with Crippen LogP contribution in [0.25, 0.3) is 0 Å². The summed E-state index contributed by atoms with van der Waals surface area (Å²) in [6, 6.07) is 9.15. The predicted molar refractivity (Wildman–Crippen MR) is 88.7 cm³/mol. The Hall–Kier alpha value is -1.02. The molecule has 1 aliphatic rings.